The predicted octanol–water partition coefficient (Wildman–Crippen LogP) is 3.45. The van der Waals surface area contributed by atoms with Crippen LogP contribution in [0.3, 0.4) is 0 Å². The number of hydrogen-bond donors (Lipinski definition) is 1. The minimum Gasteiger partial charge on any atom is -0.368 e. The van der Waals surface area contributed by atoms with Crippen LogP contribution in [0.15, 0.2) is 58.2 Å². The van der Waals surface area contributed by atoms with Gasteiger partial charge < -0.3 is 5.32 Å². The van der Waals surface area contributed by atoms with Crippen LogP contribution in [-0.4, -0.2) is 34.7 Å². The Labute approximate surface area is 154 Å². The molecule has 8 heteroatoms. The maximum Gasteiger partial charge on any atom is 0.185 e. The van der Waals surface area contributed by atoms with Crippen molar-refractivity contribution in [1.29, 1.82) is 0 Å². The second-order valence-electron chi connectivity index (χ2n) is 6.17. The van der Waals surface area contributed by atoms with Gasteiger partial charge in [-0.3, -0.25) is 4.98 Å². The quantitative estimate of drug-likeness (QED) is 0.679. The lowest BCUT2D eigenvalue weighted by atomic mass is 10.2. The maximum atomic E-state index is 12.9. The molecule has 6 nitrogen and oxygen atoms in total. The van der Waals surface area contributed by atoms with Gasteiger partial charge in [0.05, 0.1) is 9.64 Å². The maximum absolute atomic E-state index is 12.9. The van der Waals surface area contributed by atoms with Gasteiger partial charge in [-0.15, -0.1) is 0 Å². The SMILES string of the molecule is CC(C)(CNc1ccc2nccnc2n1)S(=O)(=O)c1ccc(Br)cc1. The topological polar surface area (TPSA) is 84.8 Å². The van der Waals surface area contributed by atoms with E-state index in [1.54, 1.807) is 62.6 Å². The van der Waals surface area contributed by atoms with Gasteiger partial charge in [-0.2, -0.15) is 0 Å². The fraction of sp³-hybridized carbons (Fsp3) is 0.235. The van der Waals surface area contributed by atoms with Gasteiger partial charge in [-0.25, -0.2) is 18.4 Å². The molecule has 0 aliphatic heterocycles. The summed E-state index contributed by atoms with van der Waals surface area (Å²) in [6, 6.07) is 10.2. The van der Waals surface area contributed by atoms with E-state index in [1.165, 1.54) is 0 Å². The summed E-state index contributed by atoms with van der Waals surface area (Å²) in [6.45, 7) is 3.60. The van der Waals surface area contributed by atoms with Crippen molar-refractivity contribution in [3.05, 3.63) is 53.3 Å². The highest BCUT2D eigenvalue weighted by molar-refractivity contribution is 9.10. The molecule has 1 aromatic carbocycles. The first-order chi connectivity index (χ1) is 11.8. The zero-order valence-electron chi connectivity index (χ0n) is 13.8. The zero-order valence-corrected chi connectivity index (χ0v) is 16.2. The largest absolute Gasteiger partial charge is 0.368 e. The first kappa shape index (κ1) is 17.8. The second-order valence-corrected chi connectivity index (χ2v) is 9.67. The molecule has 0 atom stereocenters. The molecule has 25 heavy (non-hydrogen) atoms. The first-order valence-corrected chi connectivity index (χ1v) is 9.89. The minimum absolute atomic E-state index is 0.212. The highest BCUT2D eigenvalue weighted by Crippen LogP contribution is 2.27. The molecule has 1 N–H and O–H groups in total. The Balaban J connectivity index is 1.81. The smallest absolute Gasteiger partial charge is 0.185 e. The lowest BCUT2D eigenvalue weighted by Crippen LogP contribution is -2.39. The standard InChI is InChI=1S/C17H17BrN4O2S/c1-17(2,25(23,24)13-5-3-12(18)4-6-13)11-21-15-8-7-14-16(22-15)20-10-9-19-14/h3-10H,11H2,1-2H3,(H,20,21,22). The summed E-state index contributed by atoms with van der Waals surface area (Å²) in [5.41, 5.74) is 1.20. The lowest BCUT2D eigenvalue weighted by molar-refractivity contribution is 0.553. The fourth-order valence-corrected chi connectivity index (χ4v) is 3.94. The summed E-state index contributed by atoms with van der Waals surface area (Å²) in [5.74, 6) is 0.562. The molecule has 0 aliphatic carbocycles. The monoisotopic (exact) mass is 420 g/mol. The van der Waals surface area contributed by atoms with E-state index >= 15 is 0 Å². The number of aromatic nitrogens is 3. The lowest BCUT2D eigenvalue weighted by Gasteiger charge is -2.25. The van der Waals surface area contributed by atoms with E-state index in [-0.39, 0.29) is 6.54 Å². The number of anilines is 1. The van der Waals surface area contributed by atoms with E-state index in [9.17, 15) is 8.42 Å². The molecule has 130 valence electrons. The van der Waals surface area contributed by atoms with Crippen molar-refractivity contribution in [2.45, 2.75) is 23.5 Å². The molecule has 0 aliphatic rings. The molecule has 3 aromatic rings. The van der Waals surface area contributed by atoms with Crippen LogP contribution in [0.25, 0.3) is 11.2 Å². The Bertz CT molecular complexity index is 1000. The number of nitrogens with zero attached hydrogens (tertiary/aromatic N) is 3. The zero-order chi connectivity index (χ0) is 18.1. The second kappa shape index (κ2) is 6.68. The van der Waals surface area contributed by atoms with Crippen LogP contribution in [-0.2, 0) is 9.84 Å². The third-order valence-corrected chi connectivity index (χ3v) is 6.90. The third-order valence-electron chi connectivity index (χ3n) is 3.88. The highest BCUT2D eigenvalue weighted by atomic mass is 79.9. The van der Waals surface area contributed by atoms with Gasteiger partial charge in [0, 0.05) is 23.4 Å². The van der Waals surface area contributed by atoms with Crippen molar-refractivity contribution in [2.24, 2.45) is 0 Å². The number of nitrogens with one attached hydrogen (secondary N) is 1. The van der Waals surface area contributed by atoms with Crippen LogP contribution in [0.4, 0.5) is 5.82 Å². The number of benzene rings is 1. The van der Waals surface area contributed by atoms with E-state index in [1.807, 2.05) is 0 Å². The Morgan fingerprint density at radius 3 is 2.44 bits per heavy atom. The van der Waals surface area contributed by atoms with Gasteiger partial charge in [0.25, 0.3) is 0 Å². The molecule has 0 unspecified atom stereocenters. The summed E-state index contributed by atoms with van der Waals surface area (Å²) in [4.78, 5) is 13.0. The van der Waals surface area contributed by atoms with Crippen LogP contribution in [0.1, 0.15) is 13.8 Å². The van der Waals surface area contributed by atoms with Crippen LogP contribution >= 0.6 is 15.9 Å². The number of sulfone groups is 1. The van der Waals surface area contributed by atoms with Crippen molar-refractivity contribution in [3.8, 4) is 0 Å². The number of rotatable bonds is 5. The molecule has 0 saturated heterocycles. The molecule has 0 saturated carbocycles. The van der Waals surface area contributed by atoms with Crippen molar-refractivity contribution in [2.75, 3.05) is 11.9 Å². The average Bonchev–Trinajstić information content (AvgIpc) is 2.60. The Hall–Kier alpha value is -2.06. The molecule has 0 fully saturated rings. The molecule has 0 bridgehead atoms. The van der Waals surface area contributed by atoms with Crippen LogP contribution in [0.2, 0.25) is 0 Å². The van der Waals surface area contributed by atoms with E-state index in [4.69, 9.17) is 0 Å². The molecule has 0 spiro atoms. The predicted molar refractivity (Wildman–Crippen MR) is 101 cm³/mol. The summed E-state index contributed by atoms with van der Waals surface area (Å²) < 4.78 is 25.6. The van der Waals surface area contributed by atoms with E-state index < -0.39 is 14.6 Å². The highest BCUT2D eigenvalue weighted by Gasteiger charge is 2.35. The van der Waals surface area contributed by atoms with Gasteiger partial charge in [0.2, 0.25) is 0 Å². The number of hydrogen-bond acceptors (Lipinski definition) is 6. The molecular formula is C17H17BrN4O2S. The fourth-order valence-electron chi connectivity index (χ4n) is 2.28. The summed E-state index contributed by atoms with van der Waals surface area (Å²) in [7, 11) is -3.51. The van der Waals surface area contributed by atoms with Crippen LogP contribution in [0.5, 0.6) is 0 Å². The van der Waals surface area contributed by atoms with Gasteiger partial charge >= 0.3 is 0 Å². The molecule has 0 amide bonds. The van der Waals surface area contributed by atoms with Crippen LogP contribution < -0.4 is 5.32 Å². The average molecular weight is 421 g/mol. The Morgan fingerprint density at radius 2 is 1.72 bits per heavy atom. The van der Waals surface area contributed by atoms with Crippen molar-refractivity contribution in [1.82, 2.24) is 15.0 Å². The van der Waals surface area contributed by atoms with Crippen molar-refractivity contribution < 1.29 is 8.42 Å². The van der Waals surface area contributed by atoms with Crippen molar-refractivity contribution >= 4 is 42.7 Å². The Kier molecular flexibility index (Phi) is 4.75. The first-order valence-electron chi connectivity index (χ1n) is 7.61. The third kappa shape index (κ3) is 3.64. The molecule has 2 aromatic heterocycles. The van der Waals surface area contributed by atoms with Gasteiger partial charge in [0.15, 0.2) is 15.5 Å². The van der Waals surface area contributed by atoms with E-state index in [0.29, 0.717) is 21.9 Å². The normalized spacial score (nSPS) is 12.3. The molecule has 0 radical (unpaired) electrons. The van der Waals surface area contributed by atoms with Crippen LogP contribution in [0, 0.1) is 0 Å². The summed E-state index contributed by atoms with van der Waals surface area (Å²) in [6.07, 6.45) is 3.17. The van der Waals surface area contributed by atoms with Crippen molar-refractivity contribution in [3.63, 3.8) is 0 Å². The summed E-state index contributed by atoms with van der Waals surface area (Å²) in [5, 5.41) is 3.10. The molecule has 2 heterocycles. The molecule has 3 rings (SSSR count). The Morgan fingerprint density at radius 1 is 1.04 bits per heavy atom. The summed E-state index contributed by atoms with van der Waals surface area (Å²) >= 11 is 3.32. The molecular weight excluding hydrogens is 404 g/mol. The van der Waals surface area contributed by atoms with E-state index in [0.717, 1.165) is 4.47 Å². The minimum atomic E-state index is -3.51. The van der Waals surface area contributed by atoms with Gasteiger partial charge in [-0.1, -0.05) is 15.9 Å². The van der Waals surface area contributed by atoms with Gasteiger partial charge in [0.1, 0.15) is 11.3 Å². The number of pyridine rings is 1. The van der Waals surface area contributed by atoms with E-state index in [2.05, 4.69) is 36.2 Å². The van der Waals surface area contributed by atoms with Gasteiger partial charge in [-0.05, 0) is 50.2 Å². The number of halogens is 1. The number of fused-ring (bicyclic) bond motifs is 1.